The summed E-state index contributed by atoms with van der Waals surface area (Å²) in [6.45, 7) is 2.13. The smallest absolute Gasteiger partial charge is 0.164 e. The molecule has 0 unspecified atom stereocenters. The molecule has 1 aromatic heterocycles. The van der Waals surface area contributed by atoms with Gasteiger partial charge in [0.05, 0.1) is 0 Å². The summed E-state index contributed by atoms with van der Waals surface area (Å²) in [4.78, 5) is 14.5. The fraction of sp³-hybridized carbons (Fsp3) is 0.0385. The maximum absolute atomic E-state index is 4.87. The minimum absolute atomic E-state index is 0.681. The lowest BCUT2D eigenvalue weighted by molar-refractivity contribution is 1.08. The van der Waals surface area contributed by atoms with E-state index in [1.165, 1.54) is 16.3 Å². The third-order valence-corrected chi connectivity index (χ3v) is 5.05. The molecule has 5 aromatic rings. The van der Waals surface area contributed by atoms with E-state index in [0.717, 1.165) is 16.7 Å². The number of aromatic nitrogens is 3. The van der Waals surface area contributed by atoms with Crippen molar-refractivity contribution in [3.8, 4) is 34.2 Å². The number of fused-ring (bicyclic) bond motifs is 1. The largest absolute Gasteiger partial charge is 0.208 e. The van der Waals surface area contributed by atoms with Gasteiger partial charge in [0.15, 0.2) is 17.5 Å². The van der Waals surface area contributed by atoms with Crippen LogP contribution in [0.15, 0.2) is 97.1 Å². The van der Waals surface area contributed by atoms with Crippen molar-refractivity contribution in [1.82, 2.24) is 15.0 Å². The SMILES string of the molecule is Cc1cccc2cccc(-c3nc(-c4ccccc4)nc(-c4ccccc4)n3)c12. The van der Waals surface area contributed by atoms with Crippen LogP contribution in [0.5, 0.6) is 0 Å². The van der Waals surface area contributed by atoms with E-state index in [-0.39, 0.29) is 0 Å². The highest BCUT2D eigenvalue weighted by Crippen LogP contribution is 2.31. The van der Waals surface area contributed by atoms with Gasteiger partial charge < -0.3 is 0 Å². The third-order valence-electron chi connectivity index (χ3n) is 5.05. The van der Waals surface area contributed by atoms with E-state index in [0.29, 0.717) is 17.5 Å². The second-order valence-electron chi connectivity index (χ2n) is 7.02. The first-order chi connectivity index (χ1) is 14.3. The molecule has 5 rings (SSSR count). The Bertz CT molecular complexity index is 1230. The van der Waals surface area contributed by atoms with Crippen molar-refractivity contribution in [1.29, 1.82) is 0 Å². The van der Waals surface area contributed by atoms with Crippen molar-refractivity contribution in [2.75, 3.05) is 0 Å². The van der Waals surface area contributed by atoms with Gasteiger partial charge in [-0.1, -0.05) is 97.1 Å². The van der Waals surface area contributed by atoms with Gasteiger partial charge in [0.2, 0.25) is 0 Å². The van der Waals surface area contributed by atoms with Crippen LogP contribution < -0.4 is 0 Å². The molecule has 1 heterocycles. The molecule has 0 amide bonds. The summed E-state index contributed by atoms with van der Waals surface area (Å²) in [6, 6.07) is 32.7. The van der Waals surface area contributed by atoms with Gasteiger partial charge in [-0.05, 0) is 23.3 Å². The number of benzene rings is 4. The monoisotopic (exact) mass is 373 g/mol. The molecule has 0 aliphatic rings. The fourth-order valence-corrected chi connectivity index (χ4v) is 3.64. The first-order valence-electron chi connectivity index (χ1n) is 9.65. The van der Waals surface area contributed by atoms with Gasteiger partial charge in [0.1, 0.15) is 0 Å². The van der Waals surface area contributed by atoms with Crippen LogP contribution >= 0.6 is 0 Å². The van der Waals surface area contributed by atoms with Gasteiger partial charge in [0.25, 0.3) is 0 Å². The lowest BCUT2D eigenvalue weighted by atomic mass is 9.99. The van der Waals surface area contributed by atoms with Crippen molar-refractivity contribution in [2.45, 2.75) is 6.92 Å². The predicted octanol–water partition coefficient (Wildman–Crippen LogP) is 6.33. The molecular weight excluding hydrogens is 354 g/mol. The Labute approximate surface area is 169 Å². The molecule has 138 valence electrons. The van der Waals surface area contributed by atoms with Crippen molar-refractivity contribution < 1.29 is 0 Å². The summed E-state index contributed by atoms with van der Waals surface area (Å²) in [7, 11) is 0. The minimum atomic E-state index is 0.681. The average Bonchev–Trinajstić information content (AvgIpc) is 2.80. The maximum Gasteiger partial charge on any atom is 0.164 e. The molecule has 3 nitrogen and oxygen atoms in total. The zero-order chi connectivity index (χ0) is 19.6. The van der Waals surface area contributed by atoms with Crippen LogP contribution in [0, 0.1) is 6.92 Å². The lowest BCUT2D eigenvalue weighted by Crippen LogP contribution is -2.00. The maximum atomic E-state index is 4.87. The number of aryl methyl sites for hydroxylation is 1. The fourth-order valence-electron chi connectivity index (χ4n) is 3.64. The Morgan fingerprint density at radius 3 is 1.59 bits per heavy atom. The normalized spacial score (nSPS) is 10.9. The molecule has 0 saturated heterocycles. The summed E-state index contributed by atoms with van der Waals surface area (Å²) < 4.78 is 0. The quantitative estimate of drug-likeness (QED) is 0.371. The van der Waals surface area contributed by atoms with Crippen LogP contribution in [-0.2, 0) is 0 Å². The number of hydrogen-bond acceptors (Lipinski definition) is 3. The molecule has 0 atom stereocenters. The molecule has 0 N–H and O–H groups in total. The molecule has 0 radical (unpaired) electrons. The van der Waals surface area contributed by atoms with E-state index in [9.17, 15) is 0 Å². The highest BCUT2D eigenvalue weighted by Gasteiger charge is 2.14. The number of hydrogen-bond donors (Lipinski definition) is 0. The summed E-state index contributed by atoms with van der Waals surface area (Å²) in [5, 5.41) is 2.37. The predicted molar refractivity (Wildman–Crippen MR) is 118 cm³/mol. The van der Waals surface area contributed by atoms with Crippen molar-refractivity contribution in [3.63, 3.8) is 0 Å². The molecule has 0 saturated carbocycles. The van der Waals surface area contributed by atoms with Gasteiger partial charge >= 0.3 is 0 Å². The van der Waals surface area contributed by atoms with E-state index >= 15 is 0 Å². The van der Waals surface area contributed by atoms with E-state index in [1.807, 2.05) is 60.7 Å². The van der Waals surface area contributed by atoms with Crippen molar-refractivity contribution >= 4 is 10.8 Å². The number of rotatable bonds is 3. The standard InChI is InChI=1S/C26H19N3/c1-18-10-8-15-19-16-9-17-22(23(18)19)26-28-24(20-11-4-2-5-12-20)27-25(29-26)21-13-6-3-7-14-21/h2-17H,1H3. The zero-order valence-electron chi connectivity index (χ0n) is 16.1. The van der Waals surface area contributed by atoms with E-state index in [2.05, 4.69) is 43.3 Å². The molecule has 4 aromatic carbocycles. The van der Waals surface area contributed by atoms with Gasteiger partial charge in [-0.25, -0.2) is 15.0 Å². The van der Waals surface area contributed by atoms with Crippen LogP contribution in [0.1, 0.15) is 5.56 Å². The third kappa shape index (κ3) is 3.27. The molecule has 0 bridgehead atoms. The Morgan fingerprint density at radius 2 is 1.00 bits per heavy atom. The molecule has 3 heteroatoms. The second kappa shape index (κ2) is 7.28. The molecular formula is C26H19N3. The van der Waals surface area contributed by atoms with Crippen LogP contribution in [0.4, 0.5) is 0 Å². The van der Waals surface area contributed by atoms with Gasteiger partial charge in [-0.3, -0.25) is 0 Å². The first kappa shape index (κ1) is 17.3. The Kier molecular flexibility index (Phi) is 4.34. The van der Waals surface area contributed by atoms with Gasteiger partial charge in [0, 0.05) is 16.7 Å². The Balaban J connectivity index is 1.80. The van der Waals surface area contributed by atoms with Gasteiger partial charge in [-0.2, -0.15) is 0 Å². The number of nitrogens with zero attached hydrogens (tertiary/aromatic N) is 3. The highest BCUT2D eigenvalue weighted by molar-refractivity contribution is 5.97. The highest BCUT2D eigenvalue weighted by atomic mass is 15.0. The van der Waals surface area contributed by atoms with E-state index in [1.54, 1.807) is 0 Å². The van der Waals surface area contributed by atoms with Crippen LogP contribution in [-0.4, -0.2) is 15.0 Å². The van der Waals surface area contributed by atoms with Crippen LogP contribution in [0.25, 0.3) is 44.9 Å². The molecule has 0 fully saturated rings. The summed E-state index contributed by atoms with van der Waals surface area (Å²) in [6.07, 6.45) is 0. The Morgan fingerprint density at radius 1 is 0.483 bits per heavy atom. The zero-order valence-corrected chi connectivity index (χ0v) is 16.1. The van der Waals surface area contributed by atoms with E-state index in [4.69, 9.17) is 15.0 Å². The summed E-state index contributed by atoms with van der Waals surface area (Å²) in [5.41, 5.74) is 4.19. The second-order valence-corrected chi connectivity index (χ2v) is 7.02. The lowest BCUT2D eigenvalue weighted by Gasteiger charge is -2.11. The summed E-state index contributed by atoms with van der Waals surface area (Å²) in [5.74, 6) is 2.05. The topological polar surface area (TPSA) is 38.7 Å². The molecule has 0 aliphatic carbocycles. The average molecular weight is 373 g/mol. The molecule has 0 aliphatic heterocycles. The molecule has 29 heavy (non-hydrogen) atoms. The van der Waals surface area contributed by atoms with E-state index < -0.39 is 0 Å². The molecule has 0 spiro atoms. The summed E-state index contributed by atoms with van der Waals surface area (Å²) >= 11 is 0. The van der Waals surface area contributed by atoms with Crippen LogP contribution in [0.2, 0.25) is 0 Å². The van der Waals surface area contributed by atoms with Crippen LogP contribution in [0.3, 0.4) is 0 Å². The Hall–Kier alpha value is -3.85. The first-order valence-corrected chi connectivity index (χ1v) is 9.65. The van der Waals surface area contributed by atoms with Crippen molar-refractivity contribution in [2.24, 2.45) is 0 Å². The minimum Gasteiger partial charge on any atom is -0.208 e. The van der Waals surface area contributed by atoms with Gasteiger partial charge in [-0.15, -0.1) is 0 Å². The van der Waals surface area contributed by atoms with Crippen molar-refractivity contribution in [3.05, 3.63) is 103 Å².